The maximum absolute atomic E-state index is 14.1. The highest BCUT2D eigenvalue weighted by Gasteiger charge is 2.30. The molecule has 15 heteroatoms. The third-order valence-electron chi connectivity index (χ3n) is 12.1. The van der Waals surface area contributed by atoms with Gasteiger partial charge in [0.05, 0.1) is 24.0 Å². The molecule has 2 saturated heterocycles. The maximum atomic E-state index is 14.1. The lowest BCUT2D eigenvalue weighted by atomic mass is 9.94. The Balaban J connectivity index is 1.02. The average molecular weight is 898 g/mol. The first kappa shape index (κ1) is 44.3. The molecule has 1 amide bonds. The number of rotatable bonds is 18. The molecule has 3 aromatic heterocycles. The molecule has 2 aliphatic heterocycles. The zero-order valence-electron chi connectivity index (χ0n) is 35.2. The van der Waals surface area contributed by atoms with Gasteiger partial charge in [-0.05, 0) is 86.4 Å². The molecule has 3 N–H and O–H groups in total. The summed E-state index contributed by atoms with van der Waals surface area (Å²) >= 11 is 14.2. The molecule has 3 aliphatic rings. The highest BCUT2D eigenvalue weighted by molar-refractivity contribution is 6.36. The van der Waals surface area contributed by atoms with Crippen LogP contribution in [0.2, 0.25) is 10.0 Å². The number of hydrogen-bond acceptors (Lipinski definition) is 10. The molecular weight excluding hydrogens is 846 g/mol. The summed E-state index contributed by atoms with van der Waals surface area (Å²) in [5.74, 6) is -0.0957. The van der Waals surface area contributed by atoms with Crippen LogP contribution >= 0.6 is 23.2 Å². The second-order valence-corrected chi connectivity index (χ2v) is 17.2. The molecule has 1 aliphatic carbocycles. The number of carboxylic acid groups (broad SMARTS) is 1. The summed E-state index contributed by atoms with van der Waals surface area (Å²) in [5, 5.41) is 16.6. The number of ether oxygens (including phenoxy) is 3. The number of methoxy groups -OCH3 is 1. The SMILES string of the molecule is COc1nc(-c2cccc(-c3cccc4c3CC[C@@H]4Oc3nc(OCc4cncc(F)c4)c(CN4CCCCC4CCCC(=O)O)cc3Cl)c2Cl)ccc1CNC[C@@H]1CCC(=O)N1. The monoisotopic (exact) mass is 896 g/mol. The van der Waals surface area contributed by atoms with E-state index in [0.717, 1.165) is 90.2 Å². The normalized spacial score (nSPS) is 18.5. The first-order chi connectivity index (χ1) is 30.6. The van der Waals surface area contributed by atoms with Crippen LogP contribution in [0.4, 0.5) is 4.39 Å². The van der Waals surface area contributed by atoms with Crippen LogP contribution in [0.1, 0.15) is 91.7 Å². The zero-order valence-corrected chi connectivity index (χ0v) is 36.7. The van der Waals surface area contributed by atoms with Crippen LogP contribution in [0.3, 0.4) is 0 Å². The molecule has 0 bridgehead atoms. The van der Waals surface area contributed by atoms with Crippen LogP contribution < -0.4 is 24.8 Å². The van der Waals surface area contributed by atoms with Crippen LogP contribution in [0.15, 0.2) is 73.1 Å². The molecular formula is C48H51Cl2FN6O6. The number of carboxylic acids is 1. The van der Waals surface area contributed by atoms with Crippen molar-refractivity contribution < 1.29 is 33.3 Å². The van der Waals surface area contributed by atoms with Crippen molar-refractivity contribution in [2.24, 2.45) is 0 Å². The van der Waals surface area contributed by atoms with Crippen molar-refractivity contribution in [1.82, 2.24) is 30.5 Å². The Morgan fingerprint density at radius 2 is 1.79 bits per heavy atom. The number of amides is 1. The molecule has 0 radical (unpaired) electrons. The van der Waals surface area contributed by atoms with Gasteiger partial charge in [0.25, 0.3) is 0 Å². The van der Waals surface area contributed by atoms with Crippen molar-refractivity contribution in [3.8, 4) is 40.0 Å². The van der Waals surface area contributed by atoms with Crippen molar-refractivity contribution in [2.75, 3.05) is 20.2 Å². The van der Waals surface area contributed by atoms with Crippen LogP contribution in [0.5, 0.6) is 17.6 Å². The quantitative estimate of drug-likeness (QED) is 0.0773. The van der Waals surface area contributed by atoms with Crippen molar-refractivity contribution in [3.05, 3.63) is 117 Å². The summed E-state index contributed by atoms with van der Waals surface area (Å²) < 4.78 is 32.7. The Hall–Kier alpha value is -5.34. The zero-order chi connectivity index (χ0) is 43.9. The second-order valence-electron chi connectivity index (χ2n) is 16.4. The second kappa shape index (κ2) is 20.4. The summed E-state index contributed by atoms with van der Waals surface area (Å²) in [5.41, 5.74) is 7.68. The van der Waals surface area contributed by atoms with E-state index in [1.54, 1.807) is 13.3 Å². The Kier molecular flexibility index (Phi) is 14.4. The first-order valence-electron chi connectivity index (χ1n) is 21.6. The smallest absolute Gasteiger partial charge is 0.303 e. The number of fused-ring (bicyclic) bond motifs is 1. The van der Waals surface area contributed by atoms with Gasteiger partial charge in [-0.2, -0.15) is 4.98 Å². The standard InChI is InChI=1S/C48H51Cl2FN6O6/c1-61-46-30(24-53-26-33-15-19-43(58)54-33)14-17-41(55-46)39-12-6-11-38(45(39)50)35-9-5-10-37-36(35)16-18-42(37)63-48-40(49)22-31(47(56-48)62-28-29-21-32(51)25-52-23-29)27-57-20-3-2-7-34(57)8-4-13-44(59)60/h5-6,9-12,14,17,21-23,25,33-34,42,53H,2-4,7-8,13,15-16,18-20,24,26-28H2,1H3,(H,54,58)(H,59,60)/t33-,34?,42-/m0/s1. The van der Waals surface area contributed by atoms with Crippen LogP contribution in [-0.4, -0.2) is 69.1 Å². The lowest BCUT2D eigenvalue weighted by Crippen LogP contribution is -2.39. The molecule has 0 saturated carbocycles. The van der Waals surface area contributed by atoms with Gasteiger partial charge in [0.15, 0.2) is 0 Å². The Labute approximate surface area is 376 Å². The number of aliphatic carboxylic acids is 1. The van der Waals surface area contributed by atoms with Gasteiger partial charge in [0.1, 0.15) is 23.6 Å². The van der Waals surface area contributed by atoms with Crippen molar-refractivity contribution >= 4 is 35.1 Å². The Morgan fingerprint density at radius 3 is 2.60 bits per heavy atom. The van der Waals surface area contributed by atoms with E-state index in [4.69, 9.17) is 47.4 Å². The van der Waals surface area contributed by atoms with E-state index < -0.39 is 11.8 Å². The minimum absolute atomic E-state index is 0.0370. The van der Waals surface area contributed by atoms with E-state index in [1.807, 2.05) is 42.5 Å². The number of carbonyl (C=O) groups excluding carboxylic acids is 1. The number of hydrogen-bond donors (Lipinski definition) is 3. The number of piperidine rings is 1. The molecule has 0 spiro atoms. The fourth-order valence-corrected chi connectivity index (χ4v) is 9.55. The largest absolute Gasteiger partial charge is 0.481 e. The molecule has 3 atom stereocenters. The minimum Gasteiger partial charge on any atom is -0.481 e. The summed E-state index contributed by atoms with van der Waals surface area (Å²) in [4.78, 5) is 38.9. The molecule has 8 rings (SSSR count). The summed E-state index contributed by atoms with van der Waals surface area (Å²) in [6.07, 6.45) is 9.76. The molecule has 12 nitrogen and oxygen atoms in total. The predicted molar refractivity (Wildman–Crippen MR) is 239 cm³/mol. The number of likely N-dealkylation sites (tertiary alicyclic amines) is 1. The van der Waals surface area contributed by atoms with E-state index in [0.29, 0.717) is 72.0 Å². The molecule has 2 fully saturated rings. The van der Waals surface area contributed by atoms with Crippen molar-refractivity contribution in [1.29, 1.82) is 0 Å². The third-order valence-corrected chi connectivity index (χ3v) is 12.8. The Morgan fingerprint density at radius 1 is 0.952 bits per heavy atom. The van der Waals surface area contributed by atoms with Gasteiger partial charge < -0.3 is 30.0 Å². The first-order valence-corrected chi connectivity index (χ1v) is 22.4. The summed E-state index contributed by atoms with van der Waals surface area (Å²) in [6, 6.07) is 19.6. The van der Waals surface area contributed by atoms with Crippen molar-refractivity contribution in [2.45, 2.75) is 102 Å². The summed E-state index contributed by atoms with van der Waals surface area (Å²) in [7, 11) is 1.60. The summed E-state index contributed by atoms with van der Waals surface area (Å²) in [6.45, 7) is 2.60. The third kappa shape index (κ3) is 10.7. The van der Waals surface area contributed by atoms with Gasteiger partial charge in [0.2, 0.25) is 23.5 Å². The number of halogens is 3. The maximum Gasteiger partial charge on any atom is 0.303 e. The van der Waals surface area contributed by atoms with Gasteiger partial charge in [-0.15, -0.1) is 0 Å². The lowest BCUT2D eigenvalue weighted by molar-refractivity contribution is -0.137. The molecule has 5 aromatic rings. The highest BCUT2D eigenvalue weighted by atomic mass is 35.5. The Bertz CT molecular complexity index is 2460. The number of nitrogens with one attached hydrogen (secondary N) is 2. The van der Waals surface area contributed by atoms with Crippen LogP contribution in [0.25, 0.3) is 22.4 Å². The molecule has 1 unspecified atom stereocenters. The van der Waals surface area contributed by atoms with E-state index in [9.17, 15) is 19.1 Å². The molecule has 63 heavy (non-hydrogen) atoms. The minimum atomic E-state index is -0.791. The van der Waals surface area contributed by atoms with E-state index in [2.05, 4.69) is 32.7 Å². The van der Waals surface area contributed by atoms with Gasteiger partial charge in [0, 0.05) is 78.6 Å². The van der Waals surface area contributed by atoms with Gasteiger partial charge in [-0.25, -0.2) is 9.37 Å². The van der Waals surface area contributed by atoms with Crippen LogP contribution in [-0.2, 0) is 35.7 Å². The number of nitrogens with zero attached hydrogens (tertiary/aromatic N) is 4. The average Bonchev–Trinajstić information content (AvgIpc) is 3.90. The highest BCUT2D eigenvalue weighted by Crippen LogP contribution is 2.45. The molecule has 2 aromatic carbocycles. The van der Waals surface area contributed by atoms with E-state index in [1.165, 1.54) is 6.07 Å². The lowest BCUT2D eigenvalue weighted by Gasteiger charge is -2.36. The molecule has 5 heterocycles. The van der Waals surface area contributed by atoms with Gasteiger partial charge >= 0.3 is 5.97 Å². The van der Waals surface area contributed by atoms with E-state index >= 15 is 0 Å². The number of carbonyl (C=O) groups is 2. The molecule has 330 valence electrons. The van der Waals surface area contributed by atoms with Crippen molar-refractivity contribution in [3.63, 3.8) is 0 Å². The van der Waals surface area contributed by atoms with E-state index in [-0.39, 0.29) is 43.0 Å². The predicted octanol–water partition coefficient (Wildman–Crippen LogP) is 9.28. The van der Waals surface area contributed by atoms with Crippen LogP contribution in [0, 0.1) is 5.82 Å². The fraction of sp³-hybridized carbons (Fsp3) is 0.396. The van der Waals surface area contributed by atoms with Gasteiger partial charge in [-0.3, -0.25) is 19.5 Å². The number of benzene rings is 2. The topological polar surface area (TPSA) is 148 Å². The fourth-order valence-electron chi connectivity index (χ4n) is 9.01. The number of pyridine rings is 3. The number of aromatic nitrogens is 3. The van der Waals surface area contributed by atoms with Gasteiger partial charge in [-0.1, -0.05) is 72.1 Å².